The summed E-state index contributed by atoms with van der Waals surface area (Å²) in [5, 5.41) is 2.77. The molecule has 5 aromatic carbocycles. The number of esters is 1. The molecule has 2 aliphatic rings. The van der Waals surface area contributed by atoms with Crippen LogP contribution in [0.3, 0.4) is 0 Å². The van der Waals surface area contributed by atoms with Crippen molar-refractivity contribution >= 4 is 36.3 Å². The van der Waals surface area contributed by atoms with Crippen LogP contribution in [0.5, 0.6) is 0 Å². The Balaban J connectivity index is 1.26. The molecule has 1 heterocycles. The summed E-state index contributed by atoms with van der Waals surface area (Å²) in [5.41, 5.74) is 3.44. The SMILES string of the molecule is CC1(C)O[C@@H]2[C@H](O1)[C@@H](C(OC(=O)c1ccc(-c3ccccc3)cc1)c1ccc(Cl)cc1)C[C@@H]2O[Si](c1ccccc1)(c1ccccc1)C(C)(C)C. The van der Waals surface area contributed by atoms with E-state index in [2.05, 4.69) is 93.6 Å². The molecule has 1 aliphatic carbocycles. The molecule has 51 heavy (non-hydrogen) atoms. The maximum Gasteiger partial charge on any atom is 0.338 e. The Kier molecular flexibility index (Phi) is 9.83. The Morgan fingerprint density at radius 1 is 0.725 bits per heavy atom. The smallest absolute Gasteiger partial charge is 0.338 e. The molecule has 0 spiro atoms. The first-order valence-corrected chi connectivity index (χ1v) is 20.0. The molecule has 7 heteroatoms. The van der Waals surface area contributed by atoms with E-state index in [9.17, 15) is 4.79 Å². The number of fused-ring (bicyclic) bond motifs is 1. The number of rotatable bonds is 9. The predicted octanol–water partition coefficient (Wildman–Crippen LogP) is 9.39. The molecule has 0 amide bonds. The van der Waals surface area contributed by atoms with E-state index in [1.807, 2.05) is 80.6 Å². The van der Waals surface area contributed by atoms with Crippen molar-refractivity contribution in [3.8, 4) is 11.1 Å². The first-order valence-electron chi connectivity index (χ1n) is 17.7. The van der Waals surface area contributed by atoms with Crippen LogP contribution in [-0.4, -0.2) is 38.4 Å². The van der Waals surface area contributed by atoms with Crippen molar-refractivity contribution in [1.82, 2.24) is 0 Å². The van der Waals surface area contributed by atoms with Crippen LogP contribution in [-0.2, 0) is 18.6 Å². The quantitative estimate of drug-likeness (QED) is 0.112. The molecular formula is C44H45ClO5Si. The van der Waals surface area contributed by atoms with Gasteiger partial charge in [-0.05, 0) is 76.6 Å². The van der Waals surface area contributed by atoms with Crippen molar-refractivity contribution in [3.63, 3.8) is 0 Å². The number of carbonyl (C=O) groups is 1. The number of hydrogen-bond donors (Lipinski definition) is 0. The fourth-order valence-electron chi connectivity index (χ4n) is 7.97. The second kappa shape index (κ2) is 14.2. The number of halogens is 1. The molecule has 0 aromatic heterocycles. The average Bonchev–Trinajstić information content (AvgIpc) is 3.63. The minimum Gasteiger partial charge on any atom is -0.453 e. The van der Waals surface area contributed by atoms with Gasteiger partial charge in [-0.25, -0.2) is 4.79 Å². The zero-order chi connectivity index (χ0) is 35.8. The molecule has 2 fully saturated rings. The van der Waals surface area contributed by atoms with Crippen LogP contribution >= 0.6 is 11.6 Å². The lowest BCUT2D eigenvalue weighted by molar-refractivity contribution is -0.170. The number of carbonyl (C=O) groups excluding carboxylic acids is 1. The second-order valence-electron chi connectivity index (χ2n) is 15.1. The van der Waals surface area contributed by atoms with Crippen molar-refractivity contribution in [2.24, 2.45) is 5.92 Å². The van der Waals surface area contributed by atoms with Gasteiger partial charge < -0.3 is 18.6 Å². The van der Waals surface area contributed by atoms with Gasteiger partial charge in [0, 0.05) is 10.9 Å². The van der Waals surface area contributed by atoms with Crippen LogP contribution in [0.4, 0.5) is 0 Å². The molecule has 1 unspecified atom stereocenters. The van der Waals surface area contributed by atoms with Crippen LogP contribution in [0.1, 0.15) is 63.1 Å². The molecule has 5 atom stereocenters. The van der Waals surface area contributed by atoms with Gasteiger partial charge in [0.05, 0.1) is 17.8 Å². The van der Waals surface area contributed by atoms with Gasteiger partial charge in [0.1, 0.15) is 12.2 Å². The summed E-state index contributed by atoms with van der Waals surface area (Å²) in [7, 11) is -2.95. The van der Waals surface area contributed by atoms with E-state index < -0.39 is 26.2 Å². The lowest BCUT2D eigenvalue weighted by atomic mass is 9.92. The van der Waals surface area contributed by atoms with E-state index in [1.54, 1.807) is 0 Å². The van der Waals surface area contributed by atoms with E-state index in [1.165, 1.54) is 10.4 Å². The summed E-state index contributed by atoms with van der Waals surface area (Å²) in [6.45, 7) is 10.7. The van der Waals surface area contributed by atoms with Crippen LogP contribution in [0, 0.1) is 5.92 Å². The first kappa shape index (κ1) is 35.4. The van der Waals surface area contributed by atoms with Crippen molar-refractivity contribution in [3.05, 3.63) is 156 Å². The highest BCUT2D eigenvalue weighted by Gasteiger charge is 2.61. The molecule has 1 saturated carbocycles. The summed E-state index contributed by atoms with van der Waals surface area (Å²) < 4.78 is 27.6. The minimum atomic E-state index is -2.95. The molecule has 0 radical (unpaired) electrons. The topological polar surface area (TPSA) is 54.0 Å². The normalized spacial score (nSPS) is 21.9. The molecule has 262 valence electrons. The number of hydrogen-bond acceptors (Lipinski definition) is 5. The monoisotopic (exact) mass is 716 g/mol. The van der Waals surface area contributed by atoms with Gasteiger partial charge in [-0.2, -0.15) is 0 Å². The van der Waals surface area contributed by atoms with Gasteiger partial charge >= 0.3 is 5.97 Å². The first-order chi connectivity index (χ1) is 24.4. The molecule has 7 rings (SSSR count). The molecule has 5 aromatic rings. The average molecular weight is 717 g/mol. The summed E-state index contributed by atoms with van der Waals surface area (Å²) in [4.78, 5) is 14.0. The summed E-state index contributed by atoms with van der Waals surface area (Å²) in [6.07, 6.45) is -1.14. The molecule has 0 bridgehead atoms. The van der Waals surface area contributed by atoms with E-state index >= 15 is 0 Å². The highest BCUT2D eigenvalue weighted by Crippen LogP contribution is 2.51. The molecule has 1 saturated heterocycles. The van der Waals surface area contributed by atoms with Crippen molar-refractivity contribution in [2.75, 3.05) is 0 Å². The Labute approximate surface area is 307 Å². The number of ether oxygens (including phenoxy) is 3. The maximum atomic E-state index is 14.0. The van der Waals surface area contributed by atoms with E-state index in [0.29, 0.717) is 17.0 Å². The standard InChI is InChI=1S/C44H45ClO5Si/c1-43(2,3)51(35-17-11-7-12-18-35,36-19-13-8-14-20-36)50-38-29-37(40-41(38)49-44(4,5)48-40)39(32-25-27-34(45)28-26-32)47-42(46)33-23-21-31(22-24-33)30-15-9-6-10-16-30/h6-28,37-41H,29H2,1-5H3/t37-,38+,39?,40-,41+/m1/s1. The minimum absolute atomic E-state index is 0.230. The summed E-state index contributed by atoms with van der Waals surface area (Å²) >= 11 is 6.36. The van der Waals surface area contributed by atoms with Crippen molar-refractivity contribution < 1.29 is 23.4 Å². The molecular weight excluding hydrogens is 672 g/mol. The zero-order valence-electron chi connectivity index (χ0n) is 29.8. The van der Waals surface area contributed by atoms with Crippen LogP contribution < -0.4 is 10.4 Å². The Bertz CT molecular complexity index is 1890. The highest BCUT2D eigenvalue weighted by molar-refractivity contribution is 6.99. The Hall–Kier alpha value is -4.04. The fourth-order valence-corrected chi connectivity index (χ4v) is 12.8. The molecule has 5 nitrogen and oxygen atoms in total. The third-order valence-corrected chi connectivity index (χ3v) is 15.6. The maximum absolute atomic E-state index is 14.0. The predicted molar refractivity (Wildman–Crippen MR) is 206 cm³/mol. The number of benzene rings is 5. The van der Waals surface area contributed by atoms with Crippen molar-refractivity contribution in [2.45, 2.75) is 76.3 Å². The Morgan fingerprint density at radius 2 is 1.24 bits per heavy atom. The third kappa shape index (κ3) is 7.08. The van der Waals surface area contributed by atoms with Gasteiger partial charge in [-0.3, -0.25) is 0 Å². The van der Waals surface area contributed by atoms with Gasteiger partial charge in [0.25, 0.3) is 8.32 Å². The molecule has 1 aliphatic heterocycles. The van der Waals surface area contributed by atoms with E-state index in [0.717, 1.165) is 16.7 Å². The van der Waals surface area contributed by atoms with E-state index in [4.69, 9.17) is 30.2 Å². The van der Waals surface area contributed by atoms with Gasteiger partial charge in [-0.15, -0.1) is 0 Å². The van der Waals surface area contributed by atoms with Gasteiger partial charge in [0.15, 0.2) is 5.79 Å². The highest BCUT2D eigenvalue weighted by atomic mass is 35.5. The van der Waals surface area contributed by atoms with Crippen LogP contribution in [0.2, 0.25) is 10.1 Å². The lowest BCUT2D eigenvalue weighted by Gasteiger charge is -2.45. The third-order valence-electron chi connectivity index (χ3n) is 10.3. The zero-order valence-corrected chi connectivity index (χ0v) is 31.5. The second-order valence-corrected chi connectivity index (χ2v) is 19.8. The lowest BCUT2D eigenvalue weighted by Crippen LogP contribution is -2.68. The Morgan fingerprint density at radius 3 is 1.78 bits per heavy atom. The summed E-state index contributed by atoms with van der Waals surface area (Å²) in [6, 6.07) is 46.5. The van der Waals surface area contributed by atoms with Gasteiger partial charge in [0.2, 0.25) is 0 Å². The largest absolute Gasteiger partial charge is 0.453 e. The van der Waals surface area contributed by atoms with E-state index in [-0.39, 0.29) is 29.3 Å². The summed E-state index contributed by atoms with van der Waals surface area (Å²) in [5.74, 6) is -1.50. The van der Waals surface area contributed by atoms with Crippen molar-refractivity contribution in [1.29, 1.82) is 0 Å². The fraction of sp³-hybridized carbons (Fsp3) is 0.295. The van der Waals surface area contributed by atoms with Gasteiger partial charge in [-0.1, -0.05) is 148 Å². The molecule has 0 N–H and O–H groups in total. The van der Waals surface area contributed by atoms with Crippen LogP contribution in [0.25, 0.3) is 11.1 Å². The van der Waals surface area contributed by atoms with Crippen LogP contribution in [0.15, 0.2) is 140 Å².